The maximum atomic E-state index is 12.4. The van der Waals surface area contributed by atoms with Gasteiger partial charge in [0.15, 0.2) is 5.96 Å². The van der Waals surface area contributed by atoms with Crippen LogP contribution in [0, 0.1) is 0 Å². The average molecular weight is 231 g/mol. The lowest BCUT2D eigenvalue weighted by atomic mass is 10.4. The largest absolute Gasteiger partial charge is 0.370 e. The van der Waals surface area contributed by atoms with Crippen molar-refractivity contribution >= 4 is 5.96 Å². The number of hydrogen-bond donors (Lipinski definition) is 2. The van der Waals surface area contributed by atoms with Gasteiger partial charge in [-0.1, -0.05) is 0 Å². The molecular weight excluding hydrogens is 216 g/mol. The Kier molecular flexibility index (Phi) is 4.21. The highest BCUT2D eigenvalue weighted by molar-refractivity contribution is 5.77. The molecule has 0 aromatic carbocycles. The van der Waals surface area contributed by atoms with Crippen molar-refractivity contribution in [2.45, 2.75) is 33.0 Å². The van der Waals surface area contributed by atoms with Crippen LogP contribution in [0.25, 0.3) is 0 Å². The summed E-state index contributed by atoms with van der Waals surface area (Å²) < 4.78 is 25.6. The third kappa shape index (κ3) is 3.48. The summed E-state index contributed by atoms with van der Waals surface area (Å²) in [6, 6.07) is 0.151. The second-order valence-electron chi connectivity index (χ2n) is 3.53. The van der Waals surface area contributed by atoms with E-state index in [1.807, 2.05) is 13.8 Å². The highest BCUT2D eigenvalue weighted by atomic mass is 19.3. The SMILES string of the molecule is CC(C)NC(N)=NCc1nccn1C(F)F. The van der Waals surface area contributed by atoms with Gasteiger partial charge in [0, 0.05) is 18.4 Å². The molecule has 0 aliphatic carbocycles. The fourth-order valence-electron chi connectivity index (χ4n) is 1.14. The van der Waals surface area contributed by atoms with Gasteiger partial charge in [-0.05, 0) is 13.8 Å². The number of guanidine groups is 1. The molecule has 0 radical (unpaired) electrons. The van der Waals surface area contributed by atoms with Gasteiger partial charge < -0.3 is 11.1 Å². The molecule has 5 nitrogen and oxygen atoms in total. The summed E-state index contributed by atoms with van der Waals surface area (Å²) in [5, 5.41) is 2.86. The molecule has 1 aromatic rings. The Hall–Kier alpha value is -1.66. The number of halogens is 2. The first kappa shape index (κ1) is 12.4. The molecule has 90 valence electrons. The fraction of sp³-hybridized carbons (Fsp3) is 0.556. The van der Waals surface area contributed by atoms with Gasteiger partial charge in [-0.2, -0.15) is 8.78 Å². The van der Waals surface area contributed by atoms with Gasteiger partial charge in [0.25, 0.3) is 0 Å². The molecule has 0 fully saturated rings. The molecule has 0 bridgehead atoms. The van der Waals surface area contributed by atoms with E-state index in [1.54, 1.807) is 0 Å². The third-order valence-electron chi connectivity index (χ3n) is 1.79. The topological polar surface area (TPSA) is 68.2 Å². The van der Waals surface area contributed by atoms with E-state index in [0.717, 1.165) is 4.57 Å². The molecule has 16 heavy (non-hydrogen) atoms. The molecule has 0 aliphatic heterocycles. The van der Waals surface area contributed by atoms with Crippen molar-refractivity contribution in [1.29, 1.82) is 0 Å². The highest BCUT2D eigenvalue weighted by Crippen LogP contribution is 2.12. The van der Waals surface area contributed by atoms with Crippen LogP contribution in [0.4, 0.5) is 8.78 Å². The minimum Gasteiger partial charge on any atom is -0.370 e. The molecule has 0 saturated heterocycles. The number of aromatic nitrogens is 2. The van der Waals surface area contributed by atoms with Crippen LogP contribution in [0.15, 0.2) is 17.4 Å². The standard InChI is InChI=1S/C9H15F2N5/c1-6(2)15-9(12)14-5-7-13-3-4-16(7)8(10)11/h3-4,6,8H,5H2,1-2H3,(H3,12,14,15). The van der Waals surface area contributed by atoms with Crippen LogP contribution in [0.3, 0.4) is 0 Å². The first-order chi connectivity index (χ1) is 7.50. The van der Waals surface area contributed by atoms with Crippen molar-refractivity contribution < 1.29 is 8.78 Å². The number of nitrogens with one attached hydrogen (secondary N) is 1. The van der Waals surface area contributed by atoms with Crippen LogP contribution in [0.2, 0.25) is 0 Å². The quantitative estimate of drug-likeness (QED) is 0.602. The second kappa shape index (κ2) is 5.43. The molecule has 0 atom stereocenters. The van der Waals surface area contributed by atoms with Crippen molar-refractivity contribution in [2.75, 3.05) is 0 Å². The minimum absolute atomic E-state index is 0.0306. The van der Waals surface area contributed by atoms with Crippen LogP contribution < -0.4 is 11.1 Å². The van der Waals surface area contributed by atoms with Crippen molar-refractivity contribution in [3.8, 4) is 0 Å². The van der Waals surface area contributed by atoms with E-state index in [4.69, 9.17) is 5.73 Å². The summed E-state index contributed by atoms with van der Waals surface area (Å²) in [6.07, 6.45) is 2.52. The van der Waals surface area contributed by atoms with Gasteiger partial charge in [-0.25, -0.2) is 9.98 Å². The summed E-state index contributed by atoms with van der Waals surface area (Å²) in [5.41, 5.74) is 5.53. The highest BCUT2D eigenvalue weighted by Gasteiger charge is 2.10. The molecule has 1 aromatic heterocycles. The summed E-state index contributed by atoms with van der Waals surface area (Å²) in [7, 11) is 0. The first-order valence-corrected chi connectivity index (χ1v) is 4.87. The van der Waals surface area contributed by atoms with Crippen molar-refractivity contribution in [1.82, 2.24) is 14.9 Å². The molecule has 0 saturated carbocycles. The van der Waals surface area contributed by atoms with Crippen LogP contribution in [-0.4, -0.2) is 21.6 Å². The van der Waals surface area contributed by atoms with E-state index < -0.39 is 6.55 Å². The van der Waals surface area contributed by atoms with Gasteiger partial charge in [-0.15, -0.1) is 0 Å². The Morgan fingerprint density at radius 1 is 1.62 bits per heavy atom. The maximum absolute atomic E-state index is 12.4. The fourth-order valence-corrected chi connectivity index (χ4v) is 1.14. The average Bonchev–Trinajstić information content (AvgIpc) is 2.61. The van der Waals surface area contributed by atoms with Crippen LogP contribution in [0.1, 0.15) is 26.2 Å². The zero-order valence-electron chi connectivity index (χ0n) is 9.19. The number of nitrogens with two attached hydrogens (primary N) is 1. The van der Waals surface area contributed by atoms with E-state index >= 15 is 0 Å². The lowest BCUT2D eigenvalue weighted by Crippen LogP contribution is -2.36. The van der Waals surface area contributed by atoms with Crippen LogP contribution >= 0.6 is 0 Å². The number of rotatable bonds is 4. The van der Waals surface area contributed by atoms with E-state index in [2.05, 4.69) is 15.3 Å². The molecule has 1 rings (SSSR count). The molecular formula is C9H15F2N5. The summed E-state index contributed by atoms with van der Waals surface area (Å²) >= 11 is 0. The van der Waals surface area contributed by atoms with Crippen LogP contribution in [0.5, 0.6) is 0 Å². The Bertz CT molecular complexity index is 359. The maximum Gasteiger partial charge on any atom is 0.319 e. The number of hydrogen-bond acceptors (Lipinski definition) is 2. The Balaban J connectivity index is 2.63. The van der Waals surface area contributed by atoms with E-state index in [-0.39, 0.29) is 24.4 Å². The Labute approximate surface area is 92.4 Å². The van der Waals surface area contributed by atoms with Gasteiger partial charge in [-0.3, -0.25) is 4.57 Å². The first-order valence-electron chi connectivity index (χ1n) is 4.87. The molecule has 0 unspecified atom stereocenters. The van der Waals surface area contributed by atoms with E-state index in [0.29, 0.717) is 0 Å². The Morgan fingerprint density at radius 2 is 2.31 bits per heavy atom. The normalized spacial score (nSPS) is 12.5. The van der Waals surface area contributed by atoms with Crippen molar-refractivity contribution in [3.63, 3.8) is 0 Å². The van der Waals surface area contributed by atoms with Crippen molar-refractivity contribution in [2.24, 2.45) is 10.7 Å². The predicted octanol–water partition coefficient (Wildman–Crippen LogP) is 1.09. The molecule has 3 N–H and O–H groups in total. The van der Waals surface area contributed by atoms with Gasteiger partial charge in [0.05, 0.1) is 0 Å². The number of imidazole rings is 1. The van der Waals surface area contributed by atoms with Gasteiger partial charge in [0.2, 0.25) is 0 Å². The zero-order valence-corrected chi connectivity index (χ0v) is 9.19. The predicted molar refractivity (Wildman–Crippen MR) is 57.1 cm³/mol. The van der Waals surface area contributed by atoms with Crippen LogP contribution in [-0.2, 0) is 6.54 Å². The smallest absolute Gasteiger partial charge is 0.319 e. The minimum atomic E-state index is -2.60. The second-order valence-corrected chi connectivity index (χ2v) is 3.53. The van der Waals surface area contributed by atoms with Gasteiger partial charge in [0.1, 0.15) is 12.4 Å². The number of aliphatic imine (C=N–C) groups is 1. The molecule has 0 aliphatic rings. The number of nitrogens with zero attached hydrogens (tertiary/aromatic N) is 3. The van der Waals surface area contributed by atoms with E-state index in [1.165, 1.54) is 12.4 Å². The van der Waals surface area contributed by atoms with Gasteiger partial charge >= 0.3 is 6.55 Å². The summed E-state index contributed by atoms with van der Waals surface area (Å²) in [4.78, 5) is 7.70. The summed E-state index contributed by atoms with van der Waals surface area (Å²) in [6.45, 7) is 1.24. The molecule has 0 amide bonds. The molecule has 7 heteroatoms. The number of alkyl halides is 2. The Morgan fingerprint density at radius 3 is 2.88 bits per heavy atom. The molecule has 0 spiro atoms. The zero-order chi connectivity index (χ0) is 12.1. The van der Waals surface area contributed by atoms with Crippen molar-refractivity contribution in [3.05, 3.63) is 18.2 Å². The van der Waals surface area contributed by atoms with E-state index in [9.17, 15) is 8.78 Å². The third-order valence-corrected chi connectivity index (χ3v) is 1.79. The lowest BCUT2D eigenvalue weighted by molar-refractivity contribution is 0.0671. The lowest BCUT2D eigenvalue weighted by Gasteiger charge is -2.08. The summed E-state index contributed by atoms with van der Waals surface area (Å²) in [5.74, 6) is 0.405. The molecule has 1 heterocycles. The monoisotopic (exact) mass is 231 g/mol.